The number of carboxylic acids is 1. The van der Waals surface area contributed by atoms with Gasteiger partial charge in [-0.15, -0.1) is 0 Å². The molecule has 0 fully saturated rings. The van der Waals surface area contributed by atoms with Crippen molar-refractivity contribution in [2.24, 2.45) is 10.2 Å². The summed E-state index contributed by atoms with van der Waals surface area (Å²) in [5, 5.41) is 25.3. The first-order valence-corrected chi connectivity index (χ1v) is 4.19. The molecule has 0 heterocycles. The lowest BCUT2D eigenvalue weighted by Crippen LogP contribution is -2.22. The van der Waals surface area contributed by atoms with Gasteiger partial charge in [-0.2, -0.15) is 10.2 Å². The van der Waals surface area contributed by atoms with Gasteiger partial charge in [0, 0.05) is 6.42 Å². The maximum absolute atomic E-state index is 10.2. The summed E-state index contributed by atoms with van der Waals surface area (Å²) in [6, 6.07) is 0.0105. The topological polar surface area (TPSA) is 82.2 Å². The van der Waals surface area contributed by atoms with Crippen LogP contribution in [0.3, 0.4) is 0 Å². The molecule has 0 aliphatic rings. The normalized spacial score (nSPS) is 16.4. The zero-order valence-corrected chi connectivity index (χ0v) is 8.19. The highest BCUT2D eigenvalue weighted by Crippen LogP contribution is 2.14. The zero-order chi connectivity index (χ0) is 10.5. The van der Waals surface area contributed by atoms with E-state index in [1.54, 1.807) is 0 Å². The van der Waals surface area contributed by atoms with Crippen molar-refractivity contribution >= 4 is 5.97 Å². The zero-order valence-electron chi connectivity index (χ0n) is 8.19. The van der Waals surface area contributed by atoms with Crippen molar-refractivity contribution in [3.63, 3.8) is 0 Å². The second kappa shape index (κ2) is 4.91. The van der Waals surface area contributed by atoms with Crippen molar-refractivity contribution in [1.82, 2.24) is 0 Å². The molecule has 0 aliphatic heterocycles. The molecule has 0 aromatic carbocycles. The van der Waals surface area contributed by atoms with Gasteiger partial charge in [0.1, 0.15) is 0 Å². The number of carbonyl (C=O) groups is 1. The molecule has 5 heteroatoms. The van der Waals surface area contributed by atoms with E-state index < -0.39 is 11.7 Å². The lowest BCUT2D eigenvalue weighted by molar-refractivity contribution is -0.138. The quantitative estimate of drug-likeness (QED) is 0.640. The molecule has 13 heavy (non-hydrogen) atoms. The minimum absolute atomic E-state index is 0.0105. The van der Waals surface area contributed by atoms with E-state index in [9.17, 15) is 9.90 Å². The molecule has 1 atom stereocenters. The molecule has 0 radical (unpaired) electrons. The van der Waals surface area contributed by atoms with Gasteiger partial charge in [-0.25, -0.2) is 0 Å². The number of hydrogen-bond acceptors (Lipinski definition) is 4. The van der Waals surface area contributed by atoms with Crippen LogP contribution in [-0.4, -0.2) is 27.9 Å². The van der Waals surface area contributed by atoms with Crippen molar-refractivity contribution in [2.45, 2.75) is 45.4 Å². The van der Waals surface area contributed by atoms with Gasteiger partial charge in [-0.05, 0) is 20.8 Å². The van der Waals surface area contributed by atoms with E-state index >= 15 is 0 Å². The highest BCUT2D eigenvalue weighted by molar-refractivity contribution is 5.66. The molecule has 0 aromatic heterocycles. The second-order valence-corrected chi connectivity index (χ2v) is 3.42. The van der Waals surface area contributed by atoms with Gasteiger partial charge in [0.15, 0.2) is 5.72 Å². The Bertz CT molecular complexity index is 200. The van der Waals surface area contributed by atoms with E-state index in [0.29, 0.717) is 0 Å². The first-order valence-electron chi connectivity index (χ1n) is 4.19. The molecule has 0 saturated heterocycles. The van der Waals surface area contributed by atoms with Gasteiger partial charge < -0.3 is 10.2 Å². The predicted octanol–water partition coefficient (Wildman–Crippen LogP) is 1.42. The van der Waals surface area contributed by atoms with Gasteiger partial charge in [0.05, 0.1) is 12.5 Å². The van der Waals surface area contributed by atoms with Crippen LogP contribution in [-0.2, 0) is 4.79 Å². The van der Waals surface area contributed by atoms with E-state index in [1.165, 1.54) is 6.92 Å². The van der Waals surface area contributed by atoms with E-state index in [2.05, 4.69) is 10.2 Å². The van der Waals surface area contributed by atoms with Crippen LogP contribution < -0.4 is 0 Å². The molecule has 2 N–H and O–H groups in total. The molecule has 0 aromatic rings. The molecule has 0 spiro atoms. The molecule has 0 rings (SSSR count). The van der Waals surface area contributed by atoms with E-state index in [1.807, 2.05) is 13.8 Å². The number of rotatable bonds is 5. The van der Waals surface area contributed by atoms with Gasteiger partial charge in [0.2, 0.25) is 0 Å². The van der Waals surface area contributed by atoms with E-state index in [-0.39, 0.29) is 18.9 Å². The predicted molar refractivity (Wildman–Crippen MR) is 47.5 cm³/mol. The minimum Gasteiger partial charge on any atom is -0.481 e. The highest BCUT2D eigenvalue weighted by atomic mass is 16.4. The Morgan fingerprint density at radius 1 is 1.54 bits per heavy atom. The standard InChI is InChI=1S/C8H16N2O3/c1-6(2)9-10-8(3,13)5-4-7(11)12/h6,13H,4-5H2,1-3H3,(H,11,12). The first-order chi connectivity index (χ1) is 5.83. The number of aliphatic hydroxyl groups is 1. The summed E-state index contributed by atoms with van der Waals surface area (Å²) in [5.74, 6) is -0.944. The van der Waals surface area contributed by atoms with Crippen molar-refractivity contribution in [1.29, 1.82) is 0 Å². The fraction of sp³-hybridized carbons (Fsp3) is 0.875. The Morgan fingerprint density at radius 3 is 2.46 bits per heavy atom. The van der Waals surface area contributed by atoms with Crippen molar-refractivity contribution in [3.05, 3.63) is 0 Å². The Kier molecular flexibility index (Phi) is 4.55. The molecular formula is C8H16N2O3. The SMILES string of the molecule is CC(C)N=NC(C)(O)CCC(=O)O. The Labute approximate surface area is 77.5 Å². The molecular weight excluding hydrogens is 172 g/mol. The lowest BCUT2D eigenvalue weighted by atomic mass is 10.1. The maximum atomic E-state index is 10.2. The highest BCUT2D eigenvalue weighted by Gasteiger charge is 2.20. The smallest absolute Gasteiger partial charge is 0.303 e. The average molecular weight is 188 g/mol. The summed E-state index contributed by atoms with van der Waals surface area (Å²) in [7, 11) is 0. The van der Waals surface area contributed by atoms with Crippen LogP contribution in [0, 0.1) is 0 Å². The number of azo groups is 1. The van der Waals surface area contributed by atoms with Crippen molar-refractivity contribution in [3.8, 4) is 0 Å². The lowest BCUT2D eigenvalue weighted by Gasteiger charge is -2.15. The Balaban J connectivity index is 4.00. The Hall–Kier alpha value is -0.970. The molecule has 0 saturated carbocycles. The minimum atomic E-state index is -1.36. The third-order valence-corrected chi connectivity index (χ3v) is 1.32. The number of nitrogens with zero attached hydrogens (tertiary/aromatic N) is 2. The maximum Gasteiger partial charge on any atom is 0.303 e. The molecule has 0 amide bonds. The second-order valence-electron chi connectivity index (χ2n) is 3.42. The van der Waals surface area contributed by atoms with Crippen LogP contribution in [0.2, 0.25) is 0 Å². The van der Waals surface area contributed by atoms with Gasteiger partial charge >= 0.3 is 5.97 Å². The van der Waals surface area contributed by atoms with E-state index in [0.717, 1.165) is 0 Å². The molecule has 5 nitrogen and oxygen atoms in total. The number of aliphatic carboxylic acids is 1. The third kappa shape index (κ3) is 7.39. The fourth-order valence-corrected chi connectivity index (χ4v) is 0.634. The van der Waals surface area contributed by atoms with Crippen LogP contribution >= 0.6 is 0 Å². The van der Waals surface area contributed by atoms with Crippen LogP contribution in [0.15, 0.2) is 10.2 Å². The third-order valence-electron chi connectivity index (χ3n) is 1.32. The summed E-state index contributed by atoms with van der Waals surface area (Å²) >= 11 is 0. The fourth-order valence-electron chi connectivity index (χ4n) is 0.634. The molecule has 0 bridgehead atoms. The van der Waals surface area contributed by atoms with Crippen LogP contribution in [0.25, 0.3) is 0 Å². The van der Waals surface area contributed by atoms with Crippen molar-refractivity contribution in [2.75, 3.05) is 0 Å². The van der Waals surface area contributed by atoms with E-state index in [4.69, 9.17) is 5.11 Å². The summed E-state index contributed by atoms with van der Waals surface area (Å²) in [4.78, 5) is 10.2. The largest absolute Gasteiger partial charge is 0.481 e. The van der Waals surface area contributed by atoms with Gasteiger partial charge in [0.25, 0.3) is 0 Å². The van der Waals surface area contributed by atoms with Crippen LogP contribution in [0.4, 0.5) is 0 Å². The molecule has 0 aliphatic carbocycles. The summed E-state index contributed by atoms with van der Waals surface area (Å²) in [6.45, 7) is 5.11. The first kappa shape index (κ1) is 12.0. The average Bonchev–Trinajstić information content (AvgIpc) is 1.98. The van der Waals surface area contributed by atoms with Crippen LogP contribution in [0.5, 0.6) is 0 Å². The number of hydrogen-bond donors (Lipinski definition) is 2. The molecule has 76 valence electrons. The number of carboxylic acid groups (broad SMARTS) is 1. The Morgan fingerprint density at radius 2 is 2.08 bits per heavy atom. The van der Waals surface area contributed by atoms with Crippen LogP contribution in [0.1, 0.15) is 33.6 Å². The van der Waals surface area contributed by atoms with Gasteiger partial charge in [-0.1, -0.05) is 0 Å². The van der Waals surface area contributed by atoms with Crippen molar-refractivity contribution < 1.29 is 15.0 Å². The summed E-state index contributed by atoms with van der Waals surface area (Å²) in [6.07, 6.45) is -0.0251. The molecule has 1 unspecified atom stereocenters. The summed E-state index contributed by atoms with van der Waals surface area (Å²) in [5.41, 5.74) is -1.36. The monoisotopic (exact) mass is 188 g/mol. The van der Waals surface area contributed by atoms with Gasteiger partial charge in [-0.3, -0.25) is 4.79 Å². The summed E-state index contributed by atoms with van der Waals surface area (Å²) < 4.78 is 0.